The van der Waals surface area contributed by atoms with Crippen LogP contribution >= 0.6 is 0 Å². The van der Waals surface area contributed by atoms with Crippen LogP contribution in [0.3, 0.4) is 0 Å². The van der Waals surface area contributed by atoms with Gasteiger partial charge >= 0.3 is 0 Å². The highest BCUT2D eigenvalue weighted by Crippen LogP contribution is 2.50. The predicted octanol–water partition coefficient (Wildman–Crippen LogP) is 16.8. The topological polar surface area (TPSA) is 36.4 Å². The lowest BCUT2D eigenvalue weighted by Crippen LogP contribution is -2.28. The Kier molecular flexibility index (Phi) is 11.0. The van der Waals surface area contributed by atoms with Gasteiger partial charge in [-0.25, -0.2) is 0 Å². The molecule has 3 nitrogen and oxygen atoms in total. The predicted molar refractivity (Wildman–Crippen MR) is 303 cm³/mol. The van der Waals surface area contributed by atoms with Gasteiger partial charge in [0.25, 0.3) is 0 Å². The van der Waals surface area contributed by atoms with Crippen LogP contribution in [0.25, 0.3) is 71.6 Å². The first kappa shape index (κ1) is 42.8. The van der Waals surface area contributed by atoms with Crippen molar-refractivity contribution < 1.29 is 0 Å². The average molecular weight is 920 g/mol. The summed E-state index contributed by atoms with van der Waals surface area (Å²) in [5.41, 5.74) is 17.1. The normalized spacial score (nSPS) is 15.8. The summed E-state index contributed by atoms with van der Waals surface area (Å²) in [5.74, 6) is 0.844. The highest BCUT2D eigenvalue weighted by Gasteiger charge is 2.33. The third kappa shape index (κ3) is 7.88. The van der Waals surface area contributed by atoms with Crippen LogP contribution in [0.4, 0.5) is 0 Å². The number of aliphatic imine (C=N–C) groups is 1. The van der Waals surface area contributed by atoms with Gasteiger partial charge in [0.1, 0.15) is 5.84 Å². The van der Waals surface area contributed by atoms with Gasteiger partial charge in [-0.2, -0.15) is 0 Å². The Labute approximate surface area is 420 Å². The molecule has 11 aromatic rings. The van der Waals surface area contributed by atoms with E-state index in [1.807, 2.05) is 0 Å². The van der Waals surface area contributed by atoms with Gasteiger partial charge in [-0.05, 0) is 112 Å². The molecular formula is C69H49N3. The van der Waals surface area contributed by atoms with E-state index in [9.17, 15) is 0 Å². The number of hydrogen-bond acceptors (Lipinski definition) is 3. The molecule has 2 atom stereocenters. The molecule has 0 aromatic heterocycles. The van der Waals surface area contributed by atoms with Gasteiger partial charge in [-0.1, -0.05) is 255 Å². The highest BCUT2D eigenvalue weighted by atomic mass is 15.0. The Bertz CT molecular complexity index is 3900. The fourth-order valence-corrected chi connectivity index (χ4v) is 11.0. The molecule has 0 radical (unpaired) electrons. The minimum Gasteiger partial charge on any atom is -0.373 e. The zero-order valence-corrected chi connectivity index (χ0v) is 39.6. The Morgan fingerprint density at radius 1 is 0.306 bits per heavy atom. The molecule has 13 rings (SSSR count). The first-order valence-electron chi connectivity index (χ1n) is 24.8. The maximum Gasteiger partial charge on any atom is 0.133 e. The first-order chi connectivity index (χ1) is 35.7. The molecule has 0 bridgehead atoms. The largest absolute Gasteiger partial charge is 0.373 e. The van der Waals surface area contributed by atoms with E-state index in [2.05, 4.69) is 284 Å². The second kappa shape index (κ2) is 18.5. The van der Waals surface area contributed by atoms with Crippen LogP contribution in [-0.2, 0) is 0 Å². The van der Waals surface area contributed by atoms with Gasteiger partial charge in [0.05, 0.1) is 17.8 Å². The van der Waals surface area contributed by atoms with Crippen molar-refractivity contribution in [2.45, 2.75) is 12.1 Å². The molecule has 0 amide bonds. The van der Waals surface area contributed by atoms with E-state index < -0.39 is 0 Å². The molecule has 2 heterocycles. The van der Waals surface area contributed by atoms with E-state index in [1.54, 1.807) is 0 Å². The van der Waals surface area contributed by atoms with Crippen molar-refractivity contribution in [3.05, 3.63) is 318 Å². The summed E-state index contributed by atoms with van der Waals surface area (Å²) < 4.78 is 0. The lowest BCUT2D eigenvalue weighted by molar-refractivity contribution is 0.787. The number of allylic oxidation sites excluding steroid dienone is 2. The number of hydrogen-bond donors (Lipinski definition) is 2. The lowest BCUT2D eigenvalue weighted by atomic mass is 9.77. The quantitative estimate of drug-likeness (QED) is 0.142. The number of benzene rings is 11. The summed E-state index contributed by atoms with van der Waals surface area (Å²) in [5, 5.41) is 15.5. The van der Waals surface area contributed by atoms with Crippen LogP contribution < -0.4 is 10.6 Å². The zero-order valence-electron chi connectivity index (χ0n) is 39.6. The third-order valence-electron chi connectivity index (χ3n) is 14.4. The molecule has 340 valence electrons. The molecule has 0 saturated carbocycles. The van der Waals surface area contributed by atoms with Gasteiger partial charge in [-0.15, -0.1) is 0 Å². The van der Waals surface area contributed by atoms with Crippen LogP contribution in [0.15, 0.2) is 278 Å². The maximum atomic E-state index is 5.44. The molecule has 72 heavy (non-hydrogen) atoms. The number of nitrogens with zero attached hydrogens (tertiary/aromatic N) is 1. The van der Waals surface area contributed by atoms with Crippen LogP contribution in [-0.4, -0.2) is 5.84 Å². The van der Waals surface area contributed by atoms with Crippen LogP contribution in [0.2, 0.25) is 0 Å². The number of fused-ring (bicyclic) bond motifs is 6. The fraction of sp³-hybridized carbons (Fsp3) is 0.0290. The smallest absolute Gasteiger partial charge is 0.133 e. The molecule has 0 saturated heterocycles. The van der Waals surface area contributed by atoms with Gasteiger partial charge < -0.3 is 10.6 Å². The number of rotatable bonds is 9. The van der Waals surface area contributed by atoms with E-state index >= 15 is 0 Å². The van der Waals surface area contributed by atoms with E-state index in [0.29, 0.717) is 0 Å². The monoisotopic (exact) mass is 919 g/mol. The second-order valence-corrected chi connectivity index (χ2v) is 18.7. The lowest BCUT2D eigenvalue weighted by Gasteiger charge is -2.36. The summed E-state index contributed by atoms with van der Waals surface area (Å²) in [6, 6.07) is 96.1. The van der Waals surface area contributed by atoms with Crippen molar-refractivity contribution in [1.29, 1.82) is 0 Å². The molecule has 0 fully saturated rings. The van der Waals surface area contributed by atoms with Crippen molar-refractivity contribution in [3.8, 4) is 11.1 Å². The number of dihydropyridines is 1. The Morgan fingerprint density at radius 3 is 1.39 bits per heavy atom. The second-order valence-electron chi connectivity index (χ2n) is 18.7. The van der Waals surface area contributed by atoms with Crippen LogP contribution in [0.5, 0.6) is 0 Å². The minimum absolute atomic E-state index is 0.122. The summed E-state index contributed by atoms with van der Waals surface area (Å²) in [4.78, 5) is 5.44. The van der Waals surface area contributed by atoms with E-state index in [-0.39, 0.29) is 12.1 Å². The van der Waals surface area contributed by atoms with Gasteiger partial charge in [-0.3, -0.25) is 4.99 Å². The van der Waals surface area contributed by atoms with Crippen LogP contribution in [0.1, 0.15) is 56.6 Å². The molecule has 2 N–H and O–H groups in total. The third-order valence-corrected chi connectivity index (χ3v) is 14.4. The molecule has 0 aliphatic carbocycles. The van der Waals surface area contributed by atoms with Crippen molar-refractivity contribution in [3.63, 3.8) is 0 Å². The molecule has 3 heteroatoms. The fourth-order valence-electron chi connectivity index (χ4n) is 11.0. The van der Waals surface area contributed by atoms with Gasteiger partial charge in [0.2, 0.25) is 0 Å². The van der Waals surface area contributed by atoms with Gasteiger partial charge in [0.15, 0.2) is 0 Å². The van der Waals surface area contributed by atoms with E-state index in [1.165, 1.54) is 65.7 Å². The molecule has 0 spiro atoms. The van der Waals surface area contributed by atoms with E-state index in [4.69, 9.17) is 4.99 Å². The summed E-state index contributed by atoms with van der Waals surface area (Å²) in [6.45, 7) is 0. The minimum atomic E-state index is -0.244. The SMILES string of the molecule is C1=C(c2cccc(-c3ccc4c5ccccc5c5ccccc5c4c3)c2)NC(c2ccccc2)=NC1c1ccc(C2=C(c3ccccc3)C(c3ccccc3)NC(c3ccccc3)=C2c2ccccc2)cc1. The molecule has 11 aromatic carbocycles. The van der Waals surface area contributed by atoms with Gasteiger partial charge in [0, 0.05) is 16.8 Å². The van der Waals surface area contributed by atoms with Crippen molar-refractivity contribution >= 4 is 66.3 Å². The Balaban J connectivity index is 0.943. The van der Waals surface area contributed by atoms with Crippen molar-refractivity contribution in [2.24, 2.45) is 4.99 Å². The van der Waals surface area contributed by atoms with E-state index in [0.717, 1.165) is 56.2 Å². The number of amidine groups is 1. The van der Waals surface area contributed by atoms with Crippen LogP contribution in [0, 0.1) is 0 Å². The summed E-state index contributed by atoms with van der Waals surface area (Å²) in [6.07, 6.45) is 2.29. The Hall–Kier alpha value is -9.31. The first-order valence-corrected chi connectivity index (χ1v) is 24.8. The average Bonchev–Trinajstić information content (AvgIpc) is 3.47. The summed E-state index contributed by atoms with van der Waals surface area (Å²) in [7, 11) is 0. The summed E-state index contributed by atoms with van der Waals surface area (Å²) >= 11 is 0. The highest BCUT2D eigenvalue weighted by molar-refractivity contribution is 6.26. The molecular weight excluding hydrogens is 871 g/mol. The maximum absolute atomic E-state index is 5.44. The zero-order chi connectivity index (χ0) is 47.8. The molecule has 2 aliphatic heterocycles. The standard InChI is InChI=1S/C69H49N3/c1-6-21-47(22-7-1)65-64(66(48-23-8-2-9-24-48)68(51-27-12-4-13-28-51)72-67(65)50-25-10-3-11-26-50)49-39-37-46(38-40-49)62-45-63(71-69(70-62)52-29-14-5-15-30-52)55-32-20-31-53(43-55)54-41-42-60-58-35-17-16-33-56(58)57-34-18-19-36-59(57)61(60)44-54/h1-45,62,67,72H,(H,70,71). The molecule has 2 unspecified atom stereocenters. The molecule has 2 aliphatic rings. The number of nitrogens with one attached hydrogen (secondary N) is 2. The Morgan fingerprint density at radius 2 is 0.764 bits per heavy atom. The van der Waals surface area contributed by atoms with Crippen molar-refractivity contribution in [1.82, 2.24) is 10.6 Å². The van der Waals surface area contributed by atoms with Crippen molar-refractivity contribution in [2.75, 3.05) is 0 Å².